The zero-order valence-corrected chi connectivity index (χ0v) is 13.3. The molecule has 0 aromatic heterocycles. The van der Waals surface area contributed by atoms with Crippen molar-refractivity contribution in [2.75, 3.05) is 33.4 Å². The lowest BCUT2D eigenvalue weighted by molar-refractivity contribution is -0.182. The minimum Gasteiger partial charge on any atom is -0.385 e. The molecule has 1 spiro atoms. The van der Waals surface area contributed by atoms with Crippen LogP contribution in [-0.4, -0.2) is 43.9 Å². The summed E-state index contributed by atoms with van der Waals surface area (Å²) >= 11 is 0. The van der Waals surface area contributed by atoms with Crippen molar-refractivity contribution in [2.24, 2.45) is 5.92 Å². The van der Waals surface area contributed by atoms with E-state index in [2.05, 4.69) is 36.1 Å². The maximum atomic E-state index is 6.13. The predicted molar refractivity (Wildman–Crippen MR) is 84.4 cm³/mol. The molecule has 21 heavy (non-hydrogen) atoms. The monoisotopic (exact) mass is 289 g/mol. The summed E-state index contributed by atoms with van der Waals surface area (Å²) in [7, 11) is 1.79. The van der Waals surface area contributed by atoms with E-state index in [4.69, 9.17) is 9.47 Å². The zero-order chi connectivity index (χ0) is 14.7. The number of aryl methyl sites for hydroxylation is 1. The largest absolute Gasteiger partial charge is 0.385 e. The summed E-state index contributed by atoms with van der Waals surface area (Å²) in [5, 5.41) is 0. The Labute approximate surface area is 128 Å². The SMILES string of the molecule is COCC[C@@H]1CCOC2(C1)CN(Cc1ccccc1C)C2. The highest BCUT2D eigenvalue weighted by atomic mass is 16.5. The lowest BCUT2D eigenvalue weighted by atomic mass is 9.79. The van der Waals surface area contributed by atoms with Gasteiger partial charge in [-0.3, -0.25) is 4.90 Å². The van der Waals surface area contributed by atoms with Gasteiger partial charge >= 0.3 is 0 Å². The van der Waals surface area contributed by atoms with Crippen LogP contribution in [0.5, 0.6) is 0 Å². The average Bonchev–Trinajstić information content (AvgIpc) is 2.46. The van der Waals surface area contributed by atoms with Crippen molar-refractivity contribution in [3.63, 3.8) is 0 Å². The van der Waals surface area contributed by atoms with Gasteiger partial charge < -0.3 is 9.47 Å². The third-order valence-corrected chi connectivity index (χ3v) is 5.00. The molecule has 3 heteroatoms. The van der Waals surface area contributed by atoms with Gasteiger partial charge in [0.05, 0.1) is 5.60 Å². The summed E-state index contributed by atoms with van der Waals surface area (Å²) < 4.78 is 11.4. The van der Waals surface area contributed by atoms with E-state index >= 15 is 0 Å². The standard InChI is InChI=1S/C18H27NO2/c1-15-5-3-4-6-17(15)12-19-13-18(14-19)11-16(7-9-20-2)8-10-21-18/h3-6,16H,7-14H2,1-2H3/t16-/m1/s1. The third-order valence-electron chi connectivity index (χ3n) is 5.00. The van der Waals surface area contributed by atoms with Crippen molar-refractivity contribution in [1.82, 2.24) is 4.90 Å². The van der Waals surface area contributed by atoms with Crippen molar-refractivity contribution < 1.29 is 9.47 Å². The molecule has 2 aliphatic rings. The number of nitrogens with zero attached hydrogens (tertiary/aromatic N) is 1. The first kappa shape index (κ1) is 15.0. The van der Waals surface area contributed by atoms with E-state index in [-0.39, 0.29) is 5.60 Å². The summed E-state index contributed by atoms with van der Waals surface area (Å²) in [6, 6.07) is 8.68. The van der Waals surface area contributed by atoms with E-state index in [0.29, 0.717) is 0 Å². The van der Waals surface area contributed by atoms with E-state index < -0.39 is 0 Å². The van der Waals surface area contributed by atoms with Crippen molar-refractivity contribution >= 4 is 0 Å². The molecule has 2 saturated heterocycles. The third kappa shape index (κ3) is 3.47. The van der Waals surface area contributed by atoms with Gasteiger partial charge in [0.2, 0.25) is 0 Å². The summed E-state index contributed by atoms with van der Waals surface area (Å²) in [4.78, 5) is 2.51. The second-order valence-corrected chi connectivity index (χ2v) is 6.74. The summed E-state index contributed by atoms with van der Waals surface area (Å²) in [6.45, 7) is 7.24. The molecule has 3 nitrogen and oxygen atoms in total. The number of rotatable bonds is 5. The molecule has 0 saturated carbocycles. The molecule has 116 valence electrons. The van der Waals surface area contributed by atoms with Gasteiger partial charge in [0, 0.05) is 40.0 Å². The van der Waals surface area contributed by atoms with E-state index in [1.807, 2.05) is 0 Å². The van der Waals surface area contributed by atoms with Crippen LogP contribution in [0.15, 0.2) is 24.3 Å². The lowest BCUT2D eigenvalue weighted by Crippen LogP contribution is -2.64. The van der Waals surface area contributed by atoms with E-state index in [1.165, 1.54) is 30.4 Å². The van der Waals surface area contributed by atoms with Crippen molar-refractivity contribution in [2.45, 2.75) is 38.3 Å². The quantitative estimate of drug-likeness (QED) is 0.832. The highest BCUT2D eigenvalue weighted by Crippen LogP contribution is 2.38. The normalized spacial score (nSPS) is 25.0. The van der Waals surface area contributed by atoms with Gasteiger partial charge in [0.15, 0.2) is 0 Å². The van der Waals surface area contributed by atoms with E-state index in [1.54, 1.807) is 7.11 Å². The summed E-state index contributed by atoms with van der Waals surface area (Å²) in [6.07, 6.45) is 3.59. The van der Waals surface area contributed by atoms with Gasteiger partial charge in [0.25, 0.3) is 0 Å². The Kier molecular flexibility index (Phi) is 4.63. The van der Waals surface area contributed by atoms with Crippen molar-refractivity contribution in [3.05, 3.63) is 35.4 Å². The minimum absolute atomic E-state index is 0.138. The fourth-order valence-electron chi connectivity index (χ4n) is 3.79. The van der Waals surface area contributed by atoms with Crippen LogP contribution in [0.4, 0.5) is 0 Å². The molecule has 0 radical (unpaired) electrons. The molecule has 3 rings (SSSR count). The highest BCUT2D eigenvalue weighted by molar-refractivity contribution is 5.26. The molecule has 1 aromatic carbocycles. The first-order chi connectivity index (χ1) is 10.2. The molecule has 0 amide bonds. The van der Waals surface area contributed by atoms with Crippen molar-refractivity contribution in [3.8, 4) is 0 Å². The molecule has 2 fully saturated rings. The Hall–Kier alpha value is -0.900. The zero-order valence-electron chi connectivity index (χ0n) is 13.3. The molecule has 0 unspecified atom stereocenters. The van der Waals surface area contributed by atoms with Crippen LogP contribution in [-0.2, 0) is 16.0 Å². The number of hydrogen-bond donors (Lipinski definition) is 0. The molecule has 0 aliphatic carbocycles. The Morgan fingerprint density at radius 2 is 2.14 bits per heavy atom. The number of likely N-dealkylation sites (tertiary alicyclic amines) is 1. The van der Waals surface area contributed by atoms with Gasteiger partial charge in [-0.2, -0.15) is 0 Å². The molecular weight excluding hydrogens is 262 g/mol. The second kappa shape index (κ2) is 6.47. The van der Waals surface area contributed by atoms with Crippen LogP contribution in [0.1, 0.15) is 30.4 Å². The number of ether oxygens (including phenoxy) is 2. The maximum Gasteiger partial charge on any atom is 0.0937 e. The number of benzene rings is 1. The Balaban J connectivity index is 1.51. The Bertz CT molecular complexity index is 468. The smallest absolute Gasteiger partial charge is 0.0937 e. The molecule has 0 bridgehead atoms. The average molecular weight is 289 g/mol. The highest BCUT2D eigenvalue weighted by Gasteiger charge is 2.47. The van der Waals surface area contributed by atoms with E-state index in [0.717, 1.165) is 38.8 Å². The fraction of sp³-hybridized carbons (Fsp3) is 0.667. The van der Waals surface area contributed by atoms with Crippen molar-refractivity contribution in [1.29, 1.82) is 0 Å². The topological polar surface area (TPSA) is 21.7 Å². The molecule has 1 atom stereocenters. The van der Waals surface area contributed by atoms with Gasteiger partial charge in [-0.25, -0.2) is 0 Å². The van der Waals surface area contributed by atoms with Crippen LogP contribution in [0.3, 0.4) is 0 Å². The maximum absolute atomic E-state index is 6.13. The summed E-state index contributed by atoms with van der Waals surface area (Å²) in [5.41, 5.74) is 2.97. The van der Waals surface area contributed by atoms with Gasteiger partial charge in [-0.15, -0.1) is 0 Å². The lowest BCUT2D eigenvalue weighted by Gasteiger charge is -2.53. The number of methoxy groups -OCH3 is 1. The Morgan fingerprint density at radius 3 is 2.90 bits per heavy atom. The van der Waals surface area contributed by atoms with Crippen LogP contribution < -0.4 is 0 Å². The van der Waals surface area contributed by atoms with Crippen LogP contribution in [0.25, 0.3) is 0 Å². The minimum atomic E-state index is 0.138. The van der Waals surface area contributed by atoms with Gasteiger partial charge in [-0.1, -0.05) is 24.3 Å². The van der Waals surface area contributed by atoms with Gasteiger partial charge in [0.1, 0.15) is 0 Å². The van der Waals surface area contributed by atoms with Gasteiger partial charge in [-0.05, 0) is 43.2 Å². The predicted octanol–water partition coefficient (Wildman–Crippen LogP) is 3.01. The molecule has 0 N–H and O–H groups in total. The molecule has 1 aromatic rings. The summed E-state index contributed by atoms with van der Waals surface area (Å²) in [5.74, 6) is 0.777. The van der Waals surface area contributed by atoms with Crippen LogP contribution >= 0.6 is 0 Å². The molecule has 2 heterocycles. The first-order valence-electron chi connectivity index (χ1n) is 8.10. The Morgan fingerprint density at radius 1 is 1.33 bits per heavy atom. The number of hydrogen-bond acceptors (Lipinski definition) is 3. The van der Waals surface area contributed by atoms with Crippen LogP contribution in [0.2, 0.25) is 0 Å². The molecular formula is C18H27NO2. The second-order valence-electron chi connectivity index (χ2n) is 6.74. The molecule has 2 aliphatic heterocycles. The van der Waals surface area contributed by atoms with E-state index in [9.17, 15) is 0 Å². The fourth-order valence-corrected chi connectivity index (χ4v) is 3.79. The first-order valence-corrected chi connectivity index (χ1v) is 8.10. The van der Waals surface area contributed by atoms with Crippen LogP contribution in [0, 0.1) is 12.8 Å².